The summed E-state index contributed by atoms with van der Waals surface area (Å²) in [7, 11) is 0. The lowest BCUT2D eigenvalue weighted by Crippen LogP contribution is -2.41. The van der Waals surface area contributed by atoms with Crippen molar-refractivity contribution >= 4 is 29.0 Å². The van der Waals surface area contributed by atoms with Crippen molar-refractivity contribution in [2.75, 3.05) is 11.9 Å². The molecule has 7 heteroatoms. The second-order valence-corrected chi connectivity index (χ2v) is 8.90. The number of nitrogens with zero attached hydrogens (tertiary/aromatic N) is 2. The van der Waals surface area contributed by atoms with Gasteiger partial charge in [0.05, 0.1) is 11.7 Å². The van der Waals surface area contributed by atoms with Crippen LogP contribution < -0.4 is 5.32 Å². The molecule has 0 saturated carbocycles. The summed E-state index contributed by atoms with van der Waals surface area (Å²) in [4.78, 5) is 30.4. The number of hydrogen-bond acceptors (Lipinski definition) is 5. The first kappa shape index (κ1) is 20.3. The number of amides is 2. The van der Waals surface area contributed by atoms with Gasteiger partial charge in [-0.3, -0.25) is 9.69 Å². The van der Waals surface area contributed by atoms with Gasteiger partial charge in [0.25, 0.3) is 0 Å². The number of nitrogens with one attached hydrogen (secondary N) is 1. The fraction of sp³-hybridized carbons (Fsp3) is 0.476. The molecule has 0 radical (unpaired) electrons. The SMILES string of the molecule is CC(=O)Nc1ccc(-c2csc([C@H]3CCCCN3C(=O)OC(C)(C)C)n2)cc1. The standard InChI is InChI=1S/C21H27N3O3S/c1-14(25)22-16-10-8-15(9-11-16)17-13-28-19(23-17)18-7-5-6-12-24(18)20(26)27-21(2,3)4/h8-11,13,18H,5-7,12H2,1-4H3,(H,22,25)/t18-/m1/s1. The van der Waals surface area contributed by atoms with Gasteiger partial charge in [0, 0.05) is 30.1 Å². The average molecular weight is 402 g/mol. The second-order valence-electron chi connectivity index (χ2n) is 8.01. The molecule has 1 aliphatic heterocycles. The molecule has 6 nitrogen and oxygen atoms in total. The molecule has 0 unspecified atom stereocenters. The van der Waals surface area contributed by atoms with Crippen LogP contribution >= 0.6 is 11.3 Å². The van der Waals surface area contributed by atoms with Crippen molar-refractivity contribution in [3.05, 3.63) is 34.7 Å². The van der Waals surface area contributed by atoms with Crippen molar-refractivity contribution in [3.8, 4) is 11.3 Å². The van der Waals surface area contributed by atoms with Gasteiger partial charge < -0.3 is 10.1 Å². The van der Waals surface area contributed by atoms with Crippen molar-refractivity contribution in [2.45, 2.75) is 58.6 Å². The summed E-state index contributed by atoms with van der Waals surface area (Å²) < 4.78 is 5.59. The zero-order chi connectivity index (χ0) is 20.3. The Hall–Kier alpha value is -2.41. The number of carbonyl (C=O) groups excluding carboxylic acids is 2. The lowest BCUT2D eigenvalue weighted by atomic mass is 10.0. The van der Waals surface area contributed by atoms with Crippen LogP contribution in [-0.2, 0) is 9.53 Å². The van der Waals surface area contributed by atoms with Crippen molar-refractivity contribution in [1.29, 1.82) is 0 Å². The number of benzene rings is 1. The first-order valence-electron chi connectivity index (χ1n) is 9.56. The highest BCUT2D eigenvalue weighted by molar-refractivity contribution is 7.10. The molecule has 2 heterocycles. The Morgan fingerprint density at radius 2 is 1.93 bits per heavy atom. The Bertz CT molecular complexity index is 839. The molecule has 1 aromatic carbocycles. The van der Waals surface area contributed by atoms with Gasteiger partial charge in [-0.25, -0.2) is 9.78 Å². The Morgan fingerprint density at radius 3 is 2.57 bits per heavy atom. The molecule has 3 rings (SSSR count). The largest absolute Gasteiger partial charge is 0.444 e. The molecular weight excluding hydrogens is 374 g/mol. The lowest BCUT2D eigenvalue weighted by molar-refractivity contribution is -0.114. The van der Waals surface area contributed by atoms with E-state index in [0.29, 0.717) is 6.54 Å². The Balaban J connectivity index is 1.77. The molecule has 150 valence electrons. The number of likely N-dealkylation sites (tertiary alicyclic amines) is 1. The van der Waals surface area contributed by atoms with Gasteiger partial charge in [-0.05, 0) is 52.2 Å². The number of anilines is 1. The first-order chi connectivity index (χ1) is 13.2. The summed E-state index contributed by atoms with van der Waals surface area (Å²) >= 11 is 1.57. The van der Waals surface area contributed by atoms with Gasteiger partial charge in [-0.2, -0.15) is 0 Å². The van der Waals surface area contributed by atoms with Crippen molar-refractivity contribution in [2.24, 2.45) is 0 Å². The van der Waals surface area contributed by atoms with Crippen LogP contribution in [0.2, 0.25) is 0 Å². The van der Waals surface area contributed by atoms with Crippen LogP contribution in [0.25, 0.3) is 11.3 Å². The normalized spacial score (nSPS) is 17.3. The third-order valence-corrected chi connectivity index (χ3v) is 5.38. The predicted molar refractivity (Wildman–Crippen MR) is 111 cm³/mol. The minimum Gasteiger partial charge on any atom is -0.444 e. The molecule has 1 aliphatic rings. The van der Waals surface area contributed by atoms with E-state index in [4.69, 9.17) is 9.72 Å². The lowest BCUT2D eigenvalue weighted by Gasteiger charge is -2.35. The second kappa shape index (κ2) is 8.31. The molecule has 2 amide bonds. The van der Waals surface area contributed by atoms with Gasteiger partial charge in [0.15, 0.2) is 0 Å². The maximum Gasteiger partial charge on any atom is 0.410 e. The number of ether oxygens (including phenoxy) is 1. The van der Waals surface area contributed by atoms with Gasteiger partial charge in [0.2, 0.25) is 5.91 Å². The van der Waals surface area contributed by atoms with Crippen LogP contribution in [0, 0.1) is 0 Å². The minimum atomic E-state index is -0.511. The van der Waals surface area contributed by atoms with Gasteiger partial charge in [-0.1, -0.05) is 12.1 Å². The van der Waals surface area contributed by atoms with E-state index in [0.717, 1.165) is 41.2 Å². The zero-order valence-corrected chi connectivity index (χ0v) is 17.6. The van der Waals surface area contributed by atoms with E-state index in [9.17, 15) is 9.59 Å². The smallest absolute Gasteiger partial charge is 0.410 e. The summed E-state index contributed by atoms with van der Waals surface area (Å²) in [5.74, 6) is -0.0942. The summed E-state index contributed by atoms with van der Waals surface area (Å²) in [6.07, 6.45) is 2.69. The van der Waals surface area contributed by atoms with E-state index in [1.165, 1.54) is 6.92 Å². The van der Waals surface area contributed by atoms with E-state index >= 15 is 0 Å². The first-order valence-corrected chi connectivity index (χ1v) is 10.4. The zero-order valence-electron chi connectivity index (χ0n) is 16.8. The van der Waals surface area contributed by atoms with Gasteiger partial charge in [-0.15, -0.1) is 11.3 Å². The maximum absolute atomic E-state index is 12.6. The van der Waals surface area contributed by atoms with E-state index in [2.05, 4.69) is 5.32 Å². The molecule has 2 aromatic rings. The Kier molecular flexibility index (Phi) is 6.03. The molecular formula is C21H27N3O3S. The molecule has 1 fully saturated rings. The number of aromatic nitrogens is 1. The van der Waals surface area contributed by atoms with Gasteiger partial charge >= 0.3 is 6.09 Å². The predicted octanol–water partition coefficient (Wildman–Crippen LogP) is 5.23. The topological polar surface area (TPSA) is 71.5 Å². The highest BCUT2D eigenvalue weighted by atomic mass is 32.1. The van der Waals surface area contributed by atoms with E-state index < -0.39 is 5.60 Å². The maximum atomic E-state index is 12.6. The highest BCUT2D eigenvalue weighted by Gasteiger charge is 2.33. The summed E-state index contributed by atoms with van der Waals surface area (Å²) in [5.41, 5.74) is 2.11. The number of rotatable bonds is 3. The molecule has 1 N–H and O–H groups in total. The average Bonchev–Trinajstić information content (AvgIpc) is 3.10. The van der Waals surface area contributed by atoms with Crippen LogP contribution in [0.4, 0.5) is 10.5 Å². The van der Waals surface area contributed by atoms with Crippen LogP contribution in [0.1, 0.15) is 58.0 Å². The minimum absolute atomic E-state index is 0.0407. The summed E-state index contributed by atoms with van der Waals surface area (Å²) in [6.45, 7) is 7.84. The van der Waals surface area contributed by atoms with Crippen molar-refractivity contribution < 1.29 is 14.3 Å². The number of carbonyl (C=O) groups is 2. The van der Waals surface area contributed by atoms with Crippen LogP contribution in [-0.4, -0.2) is 34.0 Å². The number of thiazole rings is 1. The molecule has 1 aromatic heterocycles. The van der Waals surface area contributed by atoms with Gasteiger partial charge in [0.1, 0.15) is 10.6 Å². The van der Waals surface area contributed by atoms with E-state index in [1.54, 1.807) is 11.3 Å². The number of hydrogen-bond donors (Lipinski definition) is 1. The van der Waals surface area contributed by atoms with E-state index in [-0.39, 0.29) is 18.0 Å². The van der Waals surface area contributed by atoms with Crippen LogP contribution in [0.5, 0.6) is 0 Å². The molecule has 1 atom stereocenters. The van der Waals surface area contributed by atoms with Crippen molar-refractivity contribution in [3.63, 3.8) is 0 Å². The van der Waals surface area contributed by atoms with Crippen LogP contribution in [0.15, 0.2) is 29.6 Å². The number of piperidine rings is 1. The molecule has 0 spiro atoms. The molecule has 28 heavy (non-hydrogen) atoms. The molecule has 1 saturated heterocycles. The summed E-state index contributed by atoms with van der Waals surface area (Å²) in [6, 6.07) is 7.57. The summed E-state index contributed by atoms with van der Waals surface area (Å²) in [5, 5.41) is 5.72. The van der Waals surface area contributed by atoms with Crippen molar-refractivity contribution in [1.82, 2.24) is 9.88 Å². The fourth-order valence-corrected chi connectivity index (χ4v) is 4.20. The molecule has 0 bridgehead atoms. The Labute approximate surface area is 169 Å². The fourth-order valence-electron chi connectivity index (χ4n) is 3.23. The third-order valence-electron chi connectivity index (χ3n) is 4.44. The monoisotopic (exact) mass is 401 g/mol. The third kappa shape index (κ3) is 5.10. The Morgan fingerprint density at radius 1 is 1.21 bits per heavy atom. The molecule has 0 aliphatic carbocycles. The van der Waals surface area contributed by atoms with E-state index in [1.807, 2.05) is 55.3 Å². The van der Waals surface area contributed by atoms with Crippen LogP contribution in [0.3, 0.4) is 0 Å². The highest BCUT2D eigenvalue weighted by Crippen LogP contribution is 2.35. The quantitative estimate of drug-likeness (QED) is 0.764.